The minimum absolute atomic E-state index is 0.0867. The Morgan fingerprint density at radius 2 is 1.50 bits per heavy atom. The molecule has 1 aliphatic rings. The van der Waals surface area contributed by atoms with Gasteiger partial charge >= 0.3 is 0 Å². The molecule has 0 spiro atoms. The predicted molar refractivity (Wildman–Crippen MR) is 173 cm³/mol. The number of halogens is 3. The molecule has 3 aromatic carbocycles. The molecule has 1 saturated heterocycles. The Balaban J connectivity index is 1.19. The fourth-order valence-corrected chi connectivity index (χ4v) is 5.66. The Morgan fingerprint density at radius 3 is 2.15 bits per heavy atom. The van der Waals surface area contributed by atoms with Crippen molar-refractivity contribution in [2.24, 2.45) is 0 Å². The van der Waals surface area contributed by atoms with Gasteiger partial charge in [-0.25, -0.2) is 18.2 Å². The van der Waals surface area contributed by atoms with Crippen molar-refractivity contribution in [3.05, 3.63) is 154 Å². The second kappa shape index (κ2) is 13.8. The molecule has 6 rings (SSSR count). The minimum Gasteiger partial charge on any atom is -0.507 e. The Labute approximate surface area is 273 Å². The highest BCUT2D eigenvalue weighted by Crippen LogP contribution is 2.21. The number of aliphatic hydroxyl groups excluding tert-OH is 1. The molecule has 0 bridgehead atoms. The second-order valence-electron chi connectivity index (χ2n) is 11.4. The summed E-state index contributed by atoms with van der Waals surface area (Å²) in [7, 11) is 0. The first-order valence-corrected chi connectivity index (χ1v) is 15.1. The first kappa shape index (κ1) is 32.0. The van der Waals surface area contributed by atoms with Gasteiger partial charge in [-0.2, -0.15) is 0 Å². The number of aromatic nitrogens is 3. The van der Waals surface area contributed by atoms with Gasteiger partial charge in [-0.15, -0.1) is 0 Å². The van der Waals surface area contributed by atoms with Crippen LogP contribution in [0.1, 0.15) is 22.3 Å². The molecule has 0 saturated carbocycles. The van der Waals surface area contributed by atoms with Crippen molar-refractivity contribution in [2.75, 3.05) is 31.1 Å². The molecule has 5 aromatic rings. The van der Waals surface area contributed by atoms with Crippen LogP contribution in [0.3, 0.4) is 0 Å². The van der Waals surface area contributed by atoms with E-state index in [9.17, 15) is 32.7 Å². The van der Waals surface area contributed by atoms with Crippen LogP contribution in [0.2, 0.25) is 0 Å². The topological polar surface area (TPSA) is 101 Å². The van der Waals surface area contributed by atoms with Crippen LogP contribution in [-0.4, -0.2) is 62.0 Å². The summed E-state index contributed by atoms with van der Waals surface area (Å²) in [5.41, 5.74) is 2.18. The molecule has 12 heteroatoms. The van der Waals surface area contributed by atoms with Crippen LogP contribution in [0.5, 0.6) is 0 Å². The van der Waals surface area contributed by atoms with E-state index in [1.165, 1.54) is 21.7 Å². The lowest BCUT2D eigenvalue weighted by Gasteiger charge is -2.35. The van der Waals surface area contributed by atoms with Gasteiger partial charge in [0.25, 0.3) is 11.5 Å². The maximum atomic E-state index is 13.9. The number of aliphatic hydroxyl groups is 1. The van der Waals surface area contributed by atoms with E-state index in [4.69, 9.17) is 0 Å². The molecule has 1 aliphatic heterocycles. The van der Waals surface area contributed by atoms with Crippen molar-refractivity contribution < 1.29 is 27.9 Å². The third-order valence-corrected chi connectivity index (χ3v) is 8.13. The normalized spacial score (nSPS) is 13.5. The number of ketones is 1. The van der Waals surface area contributed by atoms with Crippen molar-refractivity contribution in [1.29, 1.82) is 0 Å². The van der Waals surface area contributed by atoms with Crippen molar-refractivity contribution >= 4 is 23.1 Å². The molecule has 2 aromatic heterocycles. The smallest absolute Gasteiger partial charge is 0.294 e. The van der Waals surface area contributed by atoms with E-state index < -0.39 is 40.5 Å². The lowest BCUT2D eigenvalue weighted by molar-refractivity contribution is -0.142. The number of nitrogens with zero attached hydrogens (tertiary/aromatic N) is 5. The predicted octanol–water partition coefficient (Wildman–Crippen LogP) is 4.91. The van der Waals surface area contributed by atoms with Crippen LogP contribution in [0.15, 0.2) is 109 Å². The fraction of sp³-hybridized carbons (Fsp3) is 0.167. The first-order chi connectivity index (χ1) is 23.2. The molecule has 0 radical (unpaired) electrons. The summed E-state index contributed by atoms with van der Waals surface area (Å²) in [6.45, 7) is 1.59. The molecule has 3 heterocycles. The van der Waals surface area contributed by atoms with Crippen LogP contribution >= 0.6 is 0 Å². The average Bonchev–Trinajstić information content (AvgIpc) is 3.64. The highest BCUT2D eigenvalue weighted by molar-refractivity contribution is 6.41. The molecular weight excluding hydrogens is 623 g/mol. The number of amides is 1. The van der Waals surface area contributed by atoms with Crippen LogP contribution in [0.4, 0.5) is 18.9 Å². The number of pyridine rings is 1. The Bertz CT molecular complexity index is 2010. The van der Waals surface area contributed by atoms with Gasteiger partial charge in [0.15, 0.2) is 17.5 Å². The molecule has 0 aliphatic carbocycles. The van der Waals surface area contributed by atoms with E-state index in [0.717, 1.165) is 29.1 Å². The third kappa shape index (κ3) is 7.07. The van der Waals surface area contributed by atoms with E-state index in [0.29, 0.717) is 24.7 Å². The maximum absolute atomic E-state index is 13.9. The van der Waals surface area contributed by atoms with E-state index >= 15 is 0 Å². The van der Waals surface area contributed by atoms with Crippen LogP contribution < -0.4 is 10.5 Å². The molecule has 0 atom stereocenters. The molecule has 1 N–H and O–H groups in total. The number of piperazine rings is 1. The summed E-state index contributed by atoms with van der Waals surface area (Å²) >= 11 is 0. The Hall–Kier alpha value is -5.91. The largest absolute Gasteiger partial charge is 0.507 e. The van der Waals surface area contributed by atoms with Crippen molar-refractivity contribution in [1.82, 2.24) is 19.0 Å². The first-order valence-electron chi connectivity index (χ1n) is 15.1. The van der Waals surface area contributed by atoms with Crippen molar-refractivity contribution in [3.8, 4) is 5.69 Å². The summed E-state index contributed by atoms with van der Waals surface area (Å²) < 4.78 is 44.6. The van der Waals surface area contributed by atoms with Crippen molar-refractivity contribution in [2.45, 2.75) is 13.0 Å². The van der Waals surface area contributed by atoms with Gasteiger partial charge in [0.2, 0.25) is 5.78 Å². The van der Waals surface area contributed by atoms with Crippen molar-refractivity contribution in [3.63, 3.8) is 0 Å². The highest BCUT2D eigenvalue weighted by Gasteiger charge is 2.26. The van der Waals surface area contributed by atoms with E-state index in [1.54, 1.807) is 36.8 Å². The van der Waals surface area contributed by atoms with Gasteiger partial charge in [0.05, 0.1) is 18.4 Å². The summed E-state index contributed by atoms with van der Waals surface area (Å²) in [6, 6.07) is 19.8. The Kier molecular flexibility index (Phi) is 9.24. The quantitative estimate of drug-likeness (QED) is 0.105. The lowest BCUT2D eigenvalue weighted by Crippen LogP contribution is -2.50. The molecule has 0 unspecified atom stereocenters. The zero-order valence-corrected chi connectivity index (χ0v) is 25.6. The van der Waals surface area contributed by atoms with Gasteiger partial charge in [-0.1, -0.05) is 30.3 Å². The third-order valence-electron chi connectivity index (χ3n) is 8.13. The molecule has 1 fully saturated rings. The number of carbonyl (C=O) groups excluding carboxylic acids is 2. The van der Waals surface area contributed by atoms with Gasteiger partial charge in [0, 0.05) is 62.2 Å². The number of hydrogen-bond donors (Lipinski definition) is 1. The van der Waals surface area contributed by atoms with Gasteiger partial charge in [-0.05, 0) is 65.6 Å². The van der Waals surface area contributed by atoms with Crippen LogP contribution in [-0.2, 0) is 22.6 Å². The zero-order chi connectivity index (χ0) is 33.8. The number of anilines is 1. The minimum atomic E-state index is -1.60. The second-order valence-corrected chi connectivity index (χ2v) is 11.4. The number of rotatable bonds is 9. The maximum Gasteiger partial charge on any atom is 0.294 e. The highest BCUT2D eigenvalue weighted by atomic mass is 19.2. The van der Waals surface area contributed by atoms with Crippen LogP contribution in [0.25, 0.3) is 11.4 Å². The molecular formula is C36H30F3N5O4. The van der Waals surface area contributed by atoms with E-state index in [1.807, 2.05) is 41.1 Å². The molecule has 9 nitrogen and oxygen atoms in total. The van der Waals surface area contributed by atoms with Crippen LogP contribution in [0, 0.1) is 17.5 Å². The molecule has 48 heavy (non-hydrogen) atoms. The molecule has 1 amide bonds. The lowest BCUT2D eigenvalue weighted by atomic mass is 10.0. The number of imidazole rings is 1. The fourth-order valence-electron chi connectivity index (χ4n) is 5.66. The SMILES string of the molecule is O=C(C=C(O)c1cc(Cc2cc(F)c(F)c(F)c2)cn(Cc2ccccc2)c1=O)C(=O)N1CCN(c2ccc(-n3ccnc3)cc2)CC1. The monoisotopic (exact) mass is 653 g/mol. The molecule has 244 valence electrons. The average molecular weight is 654 g/mol. The number of benzene rings is 3. The number of carbonyl (C=O) groups is 2. The van der Waals surface area contributed by atoms with Gasteiger partial charge < -0.3 is 24.0 Å². The summed E-state index contributed by atoms with van der Waals surface area (Å²) in [6.07, 6.45) is 7.31. The zero-order valence-electron chi connectivity index (χ0n) is 25.6. The summed E-state index contributed by atoms with van der Waals surface area (Å²) in [5, 5.41) is 11.0. The van der Waals surface area contributed by atoms with Gasteiger partial charge in [0.1, 0.15) is 5.76 Å². The summed E-state index contributed by atoms with van der Waals surface area (Å²) in [5.74, 6) is -6.88. The Morgan fingerprint density at radius 1 is 0.833 bits per heavy atom. The van der Waals surface area contributed by atoms with E-state index in [-0.39, 0.29) is 37.2 Å². The van der Waals surface area contributed by atoms with Gasteiger partial charge in [-0.3, -0.25) is 14.4 Å². The summed E-state index contributed by atoms with van der Waals surface area (Å²) in [4.78, 5) is 47.1. The number of hydrogen-bond acceptors (Lipinski definition) is 6. The standard InChI is InChI=1S/C36H30F3N5O4/c37-30-18-25(19-31(38)34(30)39)16-26-17-29(35(47)44(22-26)21-24-4-2-1-3-5-24)32(45)20-33(46)36(48)42-14-12-41(13-15-42)27-6-8-28(9-7-27)43-11-10-40-23-43/h1-11,17-20,22-23,45H,12-16,21H2. The van der Waals surface area contributed by atoms with E-state index in [2.05, 4.69) is 9.88 Å².